The summed E-state index contributed by atoms with van der Waals surface area (Å²) in [6, 6.07) is 13.7. The number of halogens is 1. The molecule has 6 heteroatoms. The zero-order valence-electron chi connectivity index (χ0n) is 13.9. The monoisotopic (exact) mass is 416 g/mol. The molecular formula is C19H17BrN2O2S. The van der Waals surface area contributed by atoms with Gasteiger partial charge in [-0.25, -0.2) is 4.98 Å². The van der Waals surface area contributed by atoms with Gasteiger partial charge in [-0.2, -0.15) is 0 Å². The minimum atomic E-state index is -0.231. The van der Waals surface area contributed by atoms with Crippen LogP contribution in [0.2, 0.25) is 0 Å². The molecule has 0 radical (unpaired) electrons. The number of benzene rings is 2. The molecule has 0 aliphatic carbocycles. The number of ether oxygens (including phenoxy) is 1. The molecule has 25 heavy (non-hydrogen) atoms. The van der Waals surface area contributed by atoms with Gasteiger partial charge in [-0.05, 0) is 37.6 Å². The van der Waals surface area contributed by atoms with Gasteiger partial charge < -0.3 is 4.74 Å². The molecule has 2 aromatic carbocycles. The standard InChI is InChI=1S/C19H17BrN2O2S/c1-12-3-5-14(6-4-12)17-11-25-19(21-17)22-18(23)10-24-15-7-8-16(20)13(2)9-15/h3-9,11H,10H2,1-2H3,(H,21,22,23). The van der Waals surface area contributed by atoms with Crippen LogP contribution in [0.5, 0.6) is 5.75 Å². The fourth-order valence-electron chi connectivity index (χ4n) is 2.20. The predicted octanol–water partition coefficient (Wildman–Crippen LogP) is 5.21. The van der Waals surface area contributed by atoms with Crippen LogP contribution in [0, 0.1) is 13.8 Å². The van der Waals surface area contributed by atoms with Crippen molar-refractivity contribution in [1.82, 2.24) is 4.98 Å². The van der Waals surface area contributed by atoms with E-state index in [4.69, 9.17) is 4.74 Å². The van der Waals surface area contributed by atoms with Gasteiger partial charge in [-0.3, -0.25) is 10.1 Å². The second-order valence-corrected chi connectivity index (χ2v) is 7.36. The van der Waals surface area contributed by atoms with Crippen molar-refractivity contribution in [2.75, 3.05) is 11.9 Å². The van der Waals surface area contributed by atoms with Crippen molar-refractivity contribution in [3.8, 4) is 17.0 Å². The van der Waals surface area contributed by atoms with E-state index >= 15 is 0 Å². The summed E-state index contributed by atoms with van der Waals surface area (Å²) in [6.45, 7) is 3.96. The molecule has 1 amide bonds. The van der Waals surface area contributed by atoms with Crippen LogP contribution >= 0.6 is 27.3 Å². The molecule has 0 spiro atoms. The van der Waals surface area contributed by atoms with E-state index in [1.54, 1.807) is 0 Å². The predicted molar refractivity (Wildman–Crippen MR) is 105 cm³/mol. The normalized spacial score (nSPS) is 10.5. The summed E-state index contributed by atoms with van der Waals surface area (Å²) >= 11 is 4.84. The fraction of sp³-hybridized carbons (Fsp3) is 0.158. The first-order valence-corrected chi connectivity index (χ1v) is 9.40. The van der Waals surface area contributed by atoms with Gasteiger partial charge in [0.25, 0.3) is 5.91 Å². The van der Waals surface area contributed by atoms with Gasteiger partial charge in [0.1, 0.15) is 5.75 Å². The maximum atomic E-state index is 12.0. The van der Waals surface area contributed by atoms with Crippen LogP contribution < -0.4 is 10.1 Å². The lowest BCUT2D eigenvalue weighted by Crippen LogP contribution is -2.20. The van der Waals surface area contributed by atoms with Crippen LogP contribution in [-0.2, 0) is 4.79 Å². The number of hydrogen-bond donors (Lipinski definition) is 1. The molecule has 0 bridgehead atoms. The quantitative estimate of drug-likeness (QED) is 0.620. The summed E-state index contributed by atoms with van der Waals surface area (Å²) in [5.41, 5.74) is 4.14. The van der Waals surface area contributed by atoms with Crippen molar-refractivity contribution in [2.24, 2.45) is 0 Å². The van der Waals surface area contributed by atoms with E-state index < -0.39 is 0 Å². The minimum Gasteiger partial charge on any atom is -0.484 e. The minimum absolute atomic E-state index is 0.0550. The van der Waals surface area contributed by atoms with Gasteiger partial charge in [0.05, 0.1) is 5.69 Å². The number of rotatable bonds is 5. The summed E-state index contributed by atoms with van der Waals surface area (Å²) in [7, 11) is 0. The zero-order valence-corrected chi connectivity index (χ0v) is 16.3. The Bertz CT molecular complexity index is 891. The number of nitrogens with one attached hydrogen (secondary N) is 1. The Morgan fingerprint density at radius 3 is 2.68 bits per heavy atom. The van der Waals surface area contributed by atoms with Crippen molar-refractivity contribution in [1.29, 1.82) is 0 Å². The molecule has 0 saturated heterocycles. The smallest absolute Gasteiger partial charge is 0.264 e. The van der Waals surface area contributed by atoms with E-state index in [1.807, 2.05) is 61.7 Å². The van der Waals surface area contributed by atoms with Crippen LogP contribution in [0.1, 0.15) is 11.1 Å². The summed E-state index contributed by atoms with van der Waals surface area (Å²) in [4.78, 5) is 16.5. The van der Waals surface area contributed by atoms with Crippen LogP contribution in [0.15, 0.2) is 52.3 Å². The molecule has 3 rings (SSSR count). The highest BCUT2D eigenvalue weighted by Crippen LogP contribution is 2.25. The van der Waals surface area contributed by atoms with E-state index in [2.05, 4.69) is 26.2 Å². The largest absolute Gasteiger partial charge is 0.484 e. The Morgan fingerprint density at radius 2 is 1.96 bits per heavy atom. The number of hydrogen-bond acceptors (Lipinski definition) is 4. The molecule has 0 fully saturated rings. The Labute approximate surface area is 159 Å². The van der Waals surface area contributed by atoms with E-state index in [-0.39, 0.29) is 12.5 Å². The highest BCUT2D eigenvalue weighted by Gasteiger charge is 2.09. The molecular weight excluding hydrogens is 400 g/mol. The number of amides is 1. The molecule has 1 N–H and O–H groups in total. The average Bonchev–Trinajstić information content (AvgIpc) is 3.05. The molecule has 0 unspecified atom stereocenters. The van der Waals surface area contributed by atoms with Crippen molar-refractivity contribution < 1.29 is 9.53 Å². The average molecular weight is 417 g/mol. The van der Waals surface area contributed by atoms with E-state index in [9.17, 15) is 4.79 Å². The first kappa shape index (κ1) is 17.6. The van der Waals surface area contributed by atoms with Gasteiger partial charge in [0, 0.05) is 15.4 Å². The molecule has 1 heterocycles. The Morgan fingerprint density at radius 1 is 1.20 bits per heavy atom. The van der Waals surface area contributed by atoms with E-state index in [0.717, 1.165) is 21.3 Å². The third kappa shape index (κ3) is 4.67. The first-order valence-electron chi connectivity index (χ1n) is 7.72. The fourth-order valence-corrected chi connectivity index (χ4v) is 3.18. The van der Waals surface area contributed by atoms with Crippen LogP contribution in [0.4, 0.5) is 5.13 Å². The number of anilines is 1. The highest BCUT2D eigenvalue weighted by atomic mass is 79.9. The molecule has 0 atom stereocenters. The first-order chi connectivity index (χ1) is 12.0. The number of carbonyl (C=O) groups excluding carboxylic acids is 1. The van der Waals surface area contributed by atoms with Crippen molar-refractivity contribution in [3.63, 3.8) is 0 Å². The lowest BCUT2D eigenvalue weighted by molar-refractivity contribution is -0.118. The van der Waals surface area contributed by atoms with Crippen LogP contribution in [0.3, 0.4) is 0 Å². The third-order valence-electron chi connectivity index (χ3n) is 3.60. The summed E-state index contributed by atoms with van der Waals surface area (Å²) < 4.78 is 6.53. The van der Waals surface area contributed by atoms with Crippen molar-refractivity contribution in [3.05, 3.63) is 63.4 Å². The van der Waals surface area contributed by atoms with Gasteiger partial charge in [-0.1, -0.05) is 45.8 Å². The number of carbonyl (C=O) groups is 1. The number of aromatic nitrogens is 1. The topological polar surface area (TPSA) is 51.2 Å². The summed E-state index contributed by atoms with van der Waals surface area (Å²) in [5.74, 6) is 0.431. The Balaban J connectivity index is 1.58. The molecule has 3 aromatic rings. The summed E-state index contributed by atoms with van der Waals surface area (Å²) in [6.07, 6.45) is 0. The zero-order chi connectivity index (χ0) is 17.8. The molecule has 0 aliphatic heterocycles. The molecule has 1 aromatic heterocycles. The van der Waals surface area contributed by atoms with Gasteiger partial charge in [0.2, 0.25) is 0 Å². The second-order valence-electron chi connectivity index (χ2n) is 5.65. The number of aryl methyl sites for hydroxylation is 2. The molecule has 128 valence electrons. The summed E-state index contributed by atoms with van der Waals surface area (Å²) in [5, 5.41) is 5.27. The molecule has 4 nitrogen and oxygen atoms in total. The molecule has 0 saturated carbocycles. The van der Waals surface area contributed by atoms with Crippen LogP contribution in [0.25, 0.3) is 11.3 Å². The lowest BCUT2D eigenvalue weighted by Gasteiger charge is -2.07. The highest BCUT2D eigenvalue weighted by molar-refractivity contribution is 9.10. The maximum absolute atomic E-state index is 12.0. The van der Waals surface area contributed by atoms with Gasteiger partial charge >= 0.3 is 0 Å². The van der Waals surface area contributed by atoms with E-state index in [1.165, 1.54) is 16.9 Å². The maximum Gasteiger partial charge on any atom is 0.264 e. The number of nitrogens with zero attached hydrogens (tertiary/aromatic N) is 1. The third-order valence-corrected chi connectivity index (χ3v) is 5.24. The molecule has 0 aliphatic rings. The SMILES string of the molecule is Cc1ccc(-c2csc(NC(=O)COc3ccc(Br)c(C)c3)n2)cc1. The van der Waals surface area contributed by atoms with Gasteiger partial charge in [-0.15, -0.1) is 11.3 Å². The Hall–Kier alpha value is -2.18. The van der Waals surface area contributed by atoms with Crippen molar-refractivity contribution in [2.45, 2.75) is 13.8 Å². The van der Waals surface area contributed by atoms with E-state index in [0.29, 0.717) is 10.9 Å². The number of thiazole rings is 1. The lowest BCUT2D eigenvalue weighted by atomic mass is 10.1. The van der Waals surface area contributed by atoms with Gasteiger partial charge in [0.15, 0.2) is 11.7 Å². The second kappa shape index (κ2) is 7.80. The Kier molecular flexibility index (Phi) is 5.50. The van der Waals surface area contributed by atoms with Crippen molar-refractivity contribution >= 4 is 38.3 Å². The van der Waals surface area contributed by atoms with Crippen LogP contribution in [-0.4, -0.2) is 17.5 Å².